The van der Waals surface area contributed by atoms with Gasteiger partial charge >= 0.3 is 0 Å². The average molecular weight is 491 g/mol. The molecule has 12 heteroatoms. The molecule has 1 aliphatic rings. The number of carbonyl (C=O) groups is 1. The van der Waals surface area contributed by atoms with E-state index < -0.39 is 30.3 Å². The van der Waals surface area contributed by atoms with Gasteiger partial charge in [-0.3, -0.25) is 19.7 Å². The first-order chi connectivity index (χ1) is 17.5. The molecule has 5 N–H and O–H groups in total. The molecule has 1 aromatic carbocycles. The molecule has 4 aromatic rings. The molecule has 0 bridgehead atoms. The lowest BCUT2D eigenvalue weighted by molar-refractivity contribution is -0.125. The van der Waals surface area contributed by atoms with Crippen LogP contribution in [-0.4, -0.2) is 73.0 Å². The summed E-state index contributed by atoms with van der Waals surface area (Å²) in [6, 6.07) is 10.6. The Morgan fingerprint density at radius 2 is 1.97 bits per heavy atom. The molecule has 12 nitrogen and oxygen atoms in total. The first-order valence-electron chi connectivity index (χ1n) is 11.4. The lowest BCUT2D eigenvalue weighted by atomic mass is 10.1. The lowest BCUT2D eigenvalue weighted by Crippen LogP contribution is -2.45. The number of fused-ring (bicyclic) bond motifs is 1. The molecule has 3 aromatic heterocycles. The minimum absolute atomic E-state index is 0.363. The Kier molecular flexibility index (Phi) is 6.46. The number of aliphatic hydroxyl groups excluding tert-OH is 2. The summed E-state index contributed by atoms with van der Waals surface area (Å²) in [7, 11) is 3.02. The number of benzene rings is 1. The van der Waals surface area contributed by atoms with E-state index in [2.05, 4.69) is 25.9 Å². The van der Waals surface area contributed by atoms with E-state index >= 15 is 0 Å². The molecular weight excluding hydrogens is 464 g/mol. The highest BCUT2D eigenvalue weighted by Crippen LogP contribution is 2.30. The molecule has 4 heterocycles. The Hall–Kier alpha value is -4.13. The number of rotatable bonds is 7. The Bertz CT molecular complexity index is 1380. The van der Waals surface area contributed by atoms with E-state index in [1.54, 1.807) is 30.1 Å². The number of nitrogens with one attached hydrogen (secondary N) is 3. The maximum Gasteiger partial charge on any atom is 0.239 e. The summed E-state index contributed by atoms with van der Waals surface area (Å²) in [4.78, 5) is 30.3. The SMILES string of the molecule is CNC(=O)[C@H]1N[C@@H](n2cnc3c(NCc4ccccc4)nc(-c4cncc(OC)c4)nc32)[C@H](O)[C@@H]1O. The van der Waals surface area contributed by atoms with Crippen LogP contribution in [0.1, 0.15) is 11.7 Å². The van der Waals surface area contributed by atoms with Crippen molar-refractivity contribution in [2.45, 2.75) is 31.0 Å². The molecule has 1 aliphatic heterocycles. The van der Waals surface area contributed by atoms with Gasteiger partial charge in [-0.2, -0.15) is 0 Å². The number of aromatic nitrogens is 5. The number of likely N-dealkylation sites (N-methyl/N-ethyl adjacent to an activating group) is 1. The monoisotopic (exact) mass is 490 g/mol. The molecule has 1 fully saturated rings. The van der Waals surface area contributed by atoms with Gasteiger partial charge in [-0.15, -0.1) is 0 Å². The van der Waals surface area contributed by atoms with Crippen LogP contribution in [-0.2, 0) is 11.3 Å². The highest BCUT2D eigenvalue weighted by molar-refractivity contribution is 5.86. The third-order valence-electron chi connectivity index (χ3n) is 6.13. The first kappa shape index (κ1) is 23.6. The van der Waals surface area contributed by atoms with Crippen LogP contribution in [0.5, 0.6) is 5.75 Å². The van der Waals surface area contributed by atoms with Gasteiger partial charge in [0.25, 0.3) is 0 Å². The first-order valence-corrected chi connectivity index (χ1v) is 11.4. The van der Waals surface area contributed by atoms with Crippen LogP contribution < -0.4 is 20.7 Å². The highest BCUT2D eigenvalue weighted by Gasteiger charge is 2.45. The van der Waals surface area contributed by atoms with Crippen molar-refractivity contribution in [1.82, 2.24) is 35.1 Å². The molecule has 36 heavy (non-hydrogen) atoms. The maximum atomic E-state index is 12.2. The Morgan fingerprint density at radius 1 is 1.17 bits per heavy atom. The van der Waals surface area contributed by atoms with Crippen LogP contribution in [0.15, 0.2) is 55.1 Å². The van der Waals surface area contributed by atoms with Gasteiger partial charge in [0.05, 0.1) is 19.6 Å². The van der Waals surface area contributed by atoms with E-state index in [-0.39, 0.29) is 0 Å². The summed E-state index contributed by atoms with van der Waals surface area (Å²) in [5.41, 5.74) is 2.55. The molecule has 5 rings (SSSR count). The second kappa shape index (κ2) is 9.85. The van der Waals surface area contributed by atoms with Crippen LogP contribution in [0, 0.1) is 0 Å². The van der Waals surface area contributed by atoms with Crippen molar-refractivity contribution >= 4 is 22.9 Å². The van der Waals surface area contributed by atoms with Crippen molar-refractivity contribution in [1.29, 1.82) is 0 Å². The molecule has 0 aliphatic carbocycles. The van der Waals surface area contributed by atoms with Crippen molar-refractivity contribution in [3.63, 3.8) is 0 Å². The number of methoxy groups -OCH3 is 1. The van der Waals surface area contributed by atoms with Crippen LogP contribution in [0.2, 0.25) is 0 Å². The van der Waals surface area contributed by atoms with Gasteiger partial charge in [-0.25, -0.2) is 15.0 Å². The fraction of sp³-hybridized carbons (Fsp3) is 0.292. The fourth-order valence-corrected chi connectivity index (χ4v) is 4.20. The second-order valence-corrected chi connectivity index (χ2v) is 8.36. The predicted molar refractivity (Wildman–Crippen MR) is 131 cm³/mol. The summed E-state index contributed by atoms with van der Waals surface area (Å²) in [5, 5.41) is 30.0. The quantitative estimate of drug-likeness (QED) is 0.246. The number of amides is 1. The van der Waals surface area contributed by atoms with E-state index in [1.165, 1.54) is 13.4 Å². The van der Waals surface area contributed by atoms with Crippen molar-refractivity contribution in [2.75, 3.05) is 19.5 Å². The van der Waals surface area contributed by atoms with Gasteiger partial charge in [-0.05, 0) is 11.6 Å². The minimum Gasteiger partial charge on any atom is -0.495 e. The molecule has 0 unspecified atom stereocenters. The van der Waals surface area contributed by atoms with E-state index in [4.69, 9.17) is 14.7 Å². The van der Waals surface area contributed by atoms with Crippen molar-refractivity contribution in [3.8, 4) is 17.1 Å². The maximum absolute atomic E-state index is 12.2. The summed E-state index contributed by atoms with van der Waals surface area (Å²) < 4.78 is 6.90. The number of carbonyl (C=O) groups excluding carboxylic acids is 1. The van der Waals surface area contributed by atoms with Gasteiger partial charge in [0.2, 0.25) is 5.91 Å². The number of ether oxygens (including phenoxy) is 1. The van der Waals surface area contributed by atoms with Gasteiger partial charge in [0.15, 0.2) is 22.8 Å². The van der Waals surface area contributed by atoms with E-state index in [0.717, 1.165) is 5.56 Å². The van der Waals surface area contributed by atoms with Crippen molar-refractivity contribution in [2.24, 2.45) is 0 Å². The van der Waals surface area contributed by atoms with Crippen LogP contribution in [0.3, 0.4) is 0 Å². The molecule has 186 valence electrons. The number of anilines is 1. The molecule has 0 spiro atoms. The smallest absolute Gasteiger partial charge is 0.239 e. The normalized spacial score (nSPS) is 21.4. The zero-order chi connectivity index (χ0) is 25.2. The summed E-state index contributed by atoms with van der Waals surface area (Å²) in [6.07, 6.45) is 1.27. The molecule has 0 radical (unpaired) electrons. The van der Waals surface area contributed by atoms with Gasteiger partial charge in [0.1, 0.15) is 30.2 Å². The summed E-state index contributed by atoms with van der Waals surface area (Å²) in [5.74, 6) is 0.961. The number of aliphatic hydroxyl groups is 2. The topological polar surface area (TPSA) is 159 Å². The fourth-order valence-electron chi connectivity index (χ4n) is 4.20. The van der Waals surface area contributed by atoms with Gasteiger partial charge in [0, 0.05) is 25.4 Å². The van der Waals surface area contributed by atoms with Crippen molar-refractivity contribution in [3.05, 3.63) is 60.7 Å². The summed E-state index contributed by atoms with van der Waals surface area (Å²) >= 11 is 0. The standard InChI is InChI=1S/C24H26N8O4/c1-25-24(35)16-18(33)19(34)23(29-16)32-12-28-17-21(27-9-13-6-4-3-5-7-13)30-20(31-22(17)32)14-8-15(36-2)11-26-10-14/h3-8,10-12,16,18-19,23,29,33-34H,9H2,1-2H3,(H,25,35)(H,27,30,31)/t16-,18+,19+,23-/m0/s1. The molecule has 1 amide bonds. The zero-order valence-corrected chi connectivity index (χ0v) is 19.7. The Labute approximate surface area is 206 Å². The largest absolute Gasteiger partial charge is 0.495 e. The highest BCUT2D eigenvalue weighted by atomic mass is 16.5. The molecule has 4 atom stereocenters. The van der Waals surface area contributed by atoms with Crippen LogP contribution >= 0.6 is 0 Å². The number of imidazole rings is 1. The number of nitrogens with zero attached hydrogens (tertiary/aromatic N) is 5. The molecule has 1 saturated heterocycles. The second-order valence-electron chi connectivity index (χ2n) is 8.36. The minimum atomic E-state index is -1.31. The number of hydrogen-bond acceptors (Lipinski definition) is 10. The number of pyridine rings is 1. The Balaban J connectivity index is 1.59. The lowest BCUT2D eigenvalue weighted by Gasteiger charge is -2.18. The van der Waals surface area contributed by atoms with Crippen molar-refractivity contribution < 1.29 is 19.7 Å². The average Bonchev–Trinajstić information content (AvgIpc) is 3.48. The van der Waals surface area contributed by atoms with E-state index in [9.17, 15) is 15.0 Å². The van der Waals surface area contributed by atoms with Gasteiger partial charge < -0.3 is 25.6 Å². The molecular formula is C24H26N8O4. The number of hydrogen-bond donors (Lipinski definition) is 5. The molecule has 0 saturated carbocycles. The Morgan fingerprint density at radius 3 is 2.72 bits per heavy atom. The summed E-state index contributed by atoms with van der Waals surface area (Å²) in [6.45, 7) is 0.497. The predicted octanol–water partition coefficient (Wildman–Crippen LogP) is 0.447. The zero-order valence-electron chi connectivity index (χ0n) is 19.7. The third kappa shape index (κ3) is 4.33. The van der Waals surface area contributed by atoms with Crippen LogP contribution in [0.4, 0.5) is 5.82 Å². The van der Waals surface area contributed by atoms with Crippen LogP contribution in [0.25, 0.3) is 22.6 Å². The van der Waals surface area contributed by atoms with E-state index in [1.807, 2.05) is 30.3 Å². The third-order valence-corrected chi connectivity index (χ3v) is 6.13. The van der Waals surface area contributed by atoms with Gasteiger partial charge in [-0.1, -0.05) is 30.3 Å². The van der Waals surface area contributed by atoms with E-state index in [0.29, 0.717) is 40.7 Å².